The summed E-state index contributed by atoms with van der Waals surface area (Å²) in [6.45, 7) is 5.21. The molecular weight excluding hydrogens is 260 g/mol. The third-order valence-corrected chi connectivity index (χ3v) is 2.68. The molecule has 6 nitrogen and oxygen atoms in total. The number of rotatable bonds is 6. The quantitative estimate of drug-likeness (QED) is 0.787. The zero-order valence-electron chi connectivity index (χ0n) is 12.2. The second-order valence-electron chi connectivity index (χ2n) is 4.34. The van der Waals surface area contributed by atoms with Gasteiger partial charge in [-0.15, -0.1) is 0 Å². The summed E-state index contributed by atoms with van der Waals surface area (Å²) < 4.78 is 10.2. The predicted molar refractivity (Wildman–Crippen MR) is 73.5 cm³/mol. The van der Waals surface area contributed by atoms with Crippen LogP contribution in [0.25, 0.3) is 0 Å². The Kier molecular flexibility index (Phi) is 5.96. The number of ether oxygens (including phenoxy) is 2. The lowest BCUT2D eigenvalue weighted by Gasteiger charge is -2.17. The number of hydrogen-bond acceptors (Lipinski definition) is 5. The van der Waals surface area contributed by atoms with Crippen molar-refractivity contribution in [2.45, 2.75) is 33.2 Å². The molecule has 1 N–H and O–H groups in total. The summed E-state index contributed by atoms with van der Waals surface area (Å²) >= 11 is 0. The van der Waals surface area contributed by atoms with Crippen LogP contribution in [0.1, 0.15) is 25.2 Å². The number of amides is 1. The van der Waals surface area contributed by atoms with Crippen molar-refractivity contribution in [2.24, 2.45) is 0 Å². The number of carbonyl (C=O) groups excluding carboxylic acids is 2. The maximum atomic E-state index is 11.5. The highest BCUT2D eigenvalue weighted by atomic mass is 16.5. The summed E-state index contributed by atoms with van der Waals surface area (Å²) in [6.07, 6.45) is 0.722. The minimum atomic E-state index is -0.830. The molecule has 1 aromatic heterocycles. The average Bonchev–Trinajstić information content (AvgIpc) is 2.42. The van der Waals surface area contributed by atoms with Crippen molar-refractivity contribution >= 4 is 11.9 Å². The summed E-state index contributed by atoms with van der Waals surface area (Å²) in [7, 11) is 1.27. The van der Waals surface area contributed by atoms with Gasteiger partial charge in [-0.1, -0.05) is 6.92 Å². The van der Waals surface area contributed by atoms with E-state index in [1.807, 2.05) is 26.0 Å². The van der Waals surface area contributed by atoms with E-state index in [1.54, 1.807) is 0 Å². The summed E-state index contributed by atoms with van der Waals surface area (Å²) in [6, 6.07) is 2.81. The van der Waals surface area contributed by atoms with Gasteiger partial charge in [-0.25, -0.2) is 4.79 Å². The standard InChI is InChI=1S/C14H20N2O4/c1-5-11-13(7-6-9(2)15-11)20-8-12(14(18)19-4)16-10(3)17/h6-7,12H,5,8H2,1-4H3,(H,16,17). The molecule has 0 saturated heterocycles. The van der Waals surface area contributed by atoms with E-state index in [-0.39, 0.29) is 12.5 Å². The Labute approximate surface area is 118 Å². The Bertz CT molecular complexity index is 488. The molecule has 0 bridgehead atoms. The molecule has 0 aliphatic heterocycles. The van der Waals surface area contributed by atoms with Gasteiger partial charge in [0.2, 0.25) is 5.91 Å². The summed E-state index contributed by atoms with van der Waals surface area (Å²) in [5, 5.41) is 2.49. The number of aromatic nitrogens is 1. The lowest BCUT2D eigenvalue weighted by molar-refractivity contribution is -0.145. The van der Waals surface area contributed by atoms with E-state index in [9.17, 15) is 9.59 Å². The van der Waals surface area contributed by atoms with Gasteiger partial charge in [-0.3, -0.25) is 9.78 Å². The third-order valence-electron chi connectivity index (χ3n) is 2.68. The molecule has 6 heteroatoms. The summed E-state index contributed by atoms with van der Waals surface area (Å²) in [5.41, 5.74) is 1.72. The van der Waals surface area contributed by atoms with Crippen LogP contribution >= 0.6 is 0 Å². The number of aryl methyl sites for hydroxylation is 2. The van der Waals surface area contributed by atoms with Crippen molar-refractivity contribution < 1.29 is 19.1 Å². The minimum absolute atomic E-state index is 0.00396. The number of carbonyl (C=O) groups is 2. The second kappa shape index (κ2) is 7.47. The molecule has 0 fully saturated rings. The van der Waals surface area contributed by atoms with Gasteiger partial charge in [0.1, 0.15) is 12.4 Å². The fourth-order valence-corrected chi connectivity index (χ4v) is 1.71. The molecule has 110 valence electrons. The lowest BCUT2D eigenvalue weighted by Crippen LogP contribution is -2.44. The Morgan fingerprint density at radius 1 is 1.40 bits per heavy atom. The van der Waals surface area contributed by atoms with E-state index >= 15 is 0 Å². The highest BCUT2D eigenvalue weighted by molar-refractivity contribution is 5.83. The number of methoxy groups -OCH3 is 1. The van der Waals surface area contributed by atoms with Crippen molar-refractivity contribution in [2.75, 3.05) is 13.7 Å². The highest BCUT2D eigenvalue weighted by Crippen LogP contribution is 2.17. The first kappa shape index (κ1) is 15.9. The largest absolute Gasteiger partial charge is 0.489 e. The first-order valence-electron chi connectivity index (χ1n) is 6.42. The molecule has 1 unspecified atom stereocenters. The first-order chi connectivity index (χ1) is 9.47. The summed E-state index contributed by atoms with van der Waals surface area (Å²) in [5.74, 6) is -0.252. The Hall–Kier alpha value is -2.11. The zero-order valence-corrected chi connectivity index (χ0v) is 12.2. The van der Waals surface area contributed by atoms with E-state index in [4.69, 9.17) is 4.74 Å². The maximum absolute atomic E-state index is 11.5. The van der Waals surface area contributed by atoms with E-state index in [2.05, 4.69) is 15.0 Å². The van der Waals surface area contributed by atoms with Gasteiger partial charge >= 0.3 is 5.97 Å². The molecule has 0 aliphatic rings. The Morgan fingerprint density at radius 3 is 2.65 bits per heavy atom. The van der Waals surface area contributed by atoms with E-state index in [0.717, 1.165) is 17.8 Å². The second-order valence-corrected chi connectivity index (χ2v) is 4.34. The van der Waals surface area contributed by atoms with Gasteiger partial charge in [-0.05, 0) is 25.5 Å². The molecule has 1 rings (SSSR count). The van der Waals surface area contributed by atoms with E-state index < -0.39 is 12.0 Å². The molecule has 1 atom stereocenters. The lowest BCUT2D eigenvalue weighted by atomic mass is 10.2. The third kappa shape index (κ3) is 4.53. The Balaban J connectivity index is 2.76. The molecule has 1 heterocycles. The van der Waals surface area contributed by atoms with Crippen molar-refractivity contribution in [3.8, 4) is 5.75 Å². The molecule has 0 radical (unpaired) electrons. The van der Waals surface area contributed by atoms with E-state index in [1.165, 1.54) is 14.0 Å². The van der Waals surface area contributed by atoms with Crippen molar-refractivity contribution in [3.05, 3.63) is 23.5 Å². The van der Waals surface area contributed by atoms with Crippen molar-refractivity contribution in [3.63, 3.8) is 0 Å². The molecule has 1 amide bonds. The number of pyridine rings is 1. The highest BCUT2D eigenvalue weighted by Gasteiger charge is 2.21. The minimum Gasteiger partial charge on any atom is -0.489 e. The first-order valence-corrected chi connectivity index (χ1v) is 6.42. The topological polar surface area (TPSA) is 77.5 Å². The molecular formula is C14H20N2O4. The van der Waals surface area contributed by atoms with Crippen LogP contribution in [-0.2, 0) is 20.7 Å². The average molecular weight is 280 g/mol. The SMILES string of the molecule is CCc1nc(C)ccc1OCC(NC(C)=O)C(=O)OC. The van der Waals surface area contributed by atoms with Crippen LogP contribution in [0.4, 0.5) is 0 Å². The fraction of sp³-hybridized carbons (Fsp3) is 0.500. The van der Waals surface area contributed by atoms with E-state index in [0.29, 0.717) is 5.75 Å². The molecule has 20 heavy (non-hydrogen) atoms. The van der Waals surface area contributed by atoms with Gasteiger partial charge < -0.3 is 14.8 Å². The molecule has 0 spiro atoms. The maximum Gasteiger partial charge on any atom is 0.331 e. The summed E-state index contributed by atoms with van der Waals surface area (Å²) in [4.78, 5) is 27.0. The number of nitrogens with one attached hydrogen (secondary N) is 1. The Morgan fingerprint density at radius 2 is 2.10 bits per heavy atom. The van der Waals surface area contributed by atoms with Crippen LogP contribution in [0.15, 0.2) is 12.1 Å². The van der Waals surface area contributed by atoms with Crippen LogP contribution in [0.2, 0.25) is 0 Å². The number of hydrogen-bond donors (Lipinski definition) is 1. The smallest absolute Gasteiger partial charge is 0.331 e. The molecule has 1 aromatic rings. The van der Waals surface area contributed by atoms with Gasteiger partial charge in [0.15, 0.2) is 6.04 Å². The van der Waals surface area contributed by atoms with Gasteiger partial charge in [0, 0.05) is 12.6 Å². The number of nitrogens with zero attached hydrogens (tertiary/aromatic N) is 1. The predicted octanol–water partition coefficient (Wildman–Crippen LogP) is 1.01. The van der Waals surface area contributed by atoms with Crippen LogP contribution in [0, 0.1) is 6.92 Å². The van der Waals surface area contributed by atoms with Crippen molar-refractivity contribution in [1.29, 1.82) is 0 Å². The van der Waals surface area contributed by atoms with Crippen LogP contribution < -0.4 is 10.1 Å². The zero-order chi connectivity index (χ0) is 15.1. The van der Waals surface area contributed by atoms with Crippen molar-refractivity contribution in [1.82, 2.24) is 10.3 Å². The fourth-order valence-electron chi connectivity index (χ4n) is 1.71. The van der Waals surface area contributed by atoms with Gasteiger partial charge in [-0.2, -0.15) is 0 Å². The monoisotopic (exact) mass is 280 g/mol. The molecule has 0 saturated carbocycles. The normalized spacial score (nSPS) is 11.6. The van der Waals surface area contributed by atoms with Crippen LogP contribution in [0.3, 0.4) is 0 Å². The van der Waals surface area contributed by atoms with Gasteiger partial charge in [0.05, 0.1) is 12.8 Å². The van der Waals surface area contributed by atoms with Crippen LogP contribution in [-0.4, -0.2) is 36.6 Å². The van der Waals surface area contributed by atoms with Gasteiger partial charge in [0.25, 0.3) is 0 Å². The van der Waals surface area contributed by atoms with Crippen LogP contribution in [0.5, 0.6) is 5.75 Å². The molecule has 0 aliphatic carbocycles. The molecule has 0 aromatic carbocycles. The number of esters is 1.